The van der Waals surface area contributed by atoms with Gasteiger partial charge in [0, 0.05) is 0 Å². The third-order valence-electron chi connectivity index (χ3n) is 5.00. The van der Waals surface area contributed by atoms with Crippen LogP contribution in [-0.4, -0.2) is 8.07 Å². The molecule has 0 saturated heterocycles. The SMILES string of the molecule is C=C/C(=C/C=C/CCCCCCCC)[Si](CC)(CC)CC. The van der Waals surface area contributed by atoms with Gasteiger partial charge in [-0.25, -0.2) is 0 Å². The molecule has 122 valence electrons. The summed E-state index contributed by atoms with van der Waals surface area (Å²) in [6, 6.07) is 4.01. The fourth-order valence-electron chi connectivity index (χ4n) is 3.13. The van der Waals surface area contributed by atoms with E-state index in [0.717, 1.165) is 0 Å². The molecule has 0 unspecified atom stereocenters. The summed E-state index contributed by atoms with van der Waals surface area (Å²) < 4.78 is 0. The minimum atomic E-state index is -1.25. The smallest absolute Gasteiger partial charge is 0.0858 e. The molecule has 0 aromatic heterocycles. The van der Waals surface area contributed by atoms with E-state index in [0.29, 0.717) is 0 Å². The van der Waals surface area contributed by atoms with E-state index in [9.17, 15) is 0 Å². The monoisotopic (exact) mass is 306 g/mol. The van der Waals surface area contributed by atoms with Crippen LogP contribution in [0.25, 0.3) is 0 Å². The number of unbranched alkanes of at least 4 members (excludes halogenated alkanes) is 6. The quantitative estimate of drug-likeness (QED) is 0.188. The van der Waals surface area contributed by atoms with Gasteiger partial charge in [0.1, 0.15) is 0 Å². The van der Waals surface area contributed by atoms with Crippen molar-refractivity contribution in [3.8, 4) is 0 Å². The van der Waals surface area contributed by atoms with Crippen molar-refractivity contribution in [1.29, 1.82) is 0 Å². The van der Waals surface area contributed by atoms with Crippen molar-refractivity contribution in [2.24, 2.45) is 0 Å². The minimum absolute atomic E-state index is 1.23. The van der Waals surface area contributed by atoms with Crippen LogP contribution >= 0.6 is 0 Å². The zero-order valence-electron chi connectivity index (χ0n) is 15.1. The van der Waals surface area contributed by atoms with Gasteiger partial charge >= 0.3 is 0 Å². The van der Waals surface area contributed by atoms with Gasteiger partial charge < -0.3 is 0 Å². The van der Waals surface area contributed by atoms with Gasteiger partial charge in [-0.05, 0) is 12.8 Å². The van der Waals surface area contributed by atoms with Gasteiger partial charge in [-0.15, -0.1) is 0 Å². The lowest BCUT2D eigenvalue weighted by molar-refractivity contribution is 0.611. The first kappa shape index (κ1) is 20.4. The van der Waals surface area contributed by atoms with Gasteiger partial charge in [-0.2, -0.15) is 0 Å². The molecular weight excluding hydrogens is 268 g/mol. The molecular formula is C20H38Si. The van der Waals surface area contributed by atoms with Crippen molar-refractivity contribution >= 4 is 8.07 Å². The topological polar surface area (TPSA) is 0 Å². The summed E-state index contributed by atoms with van der Waals surface area (Å²) in [6.45, 7) is 13.4. The predicted molar refractivity (Wildman–Crippen MR) is 103 cm³/mol. The normalized spacial score (nSPS) is 13.0. The van der Waals surface area contributed by atoms with Crippen molar-refractivity contribution in [3.63, 3.8) is 0 Å². The Bertz CT molecular complexity index is 300. The third-order valence-corrected chi connectivity index (χ3v) is 10.7. The summed E-state index contributed by atoms with van der Waals surface area (Å²) in [7, 11) is -1.25. The summed E-state index contributed by atoms with van der Waals surface area (Å²) >= 11 is 0. The van der Waals surface area contributed by atoms with E-state index >= 15 is 0 Å². The Morgan fingerprint density at radius 2 is 1.43 bits per heavy atom. The average molecular weight is 307 g/mol. The van der Waals surface area contributed by atoms with E-state index in [2.05, 4.69) is 58.6 Å². The Hall–Kier alpha value is -0.563. The van der Waals surface area contributed by atoms with Crippen LogP contribution in [0.5, 0.6) is 0 Å². The second-order valence-electron chi connectivity index (χ2n) is 6.15. The molecule has 0 aliphatic carbocycles. The molecule has 0 spiro atoms. The van der Waals surface area contributed by atoms with E-state index in [1.807, 2.05) is 0 Å². The van der Waals surface area contributed by atoms with Gasteiger partial charge in [-0.3, -0.25) is 0 Å². The molecule has 1 heteroatoms. The van der Waals surface area contributed by atoms with Crippen molar-refractivity contribution in [1.82, 2.24) is 0 Å². The first-order valence-electron chi connectivity index (χ1n) is 9.20. The molecule has 0 amide bonds. The largest absolute Gasteiger partial charge is 0.0992 e. The number of allylic oxidation sites excluding steroid dienone is 5. The maximum absolute atomic E-state index is 4.06. The van der Waals surface area contributed by atoms with Crippen molar-refractivity contribution in [3.05, 3.63) is 36.1 Å². The fourth-order valence-corrected chi connectivity index (χ4v) is 6.74. The summed E-state index contributed by atoms with van der Waals surface area (Å²) in [5, 5.41) is 1.55. The van der Waals surface area contributed by atoms with Gasteiger partial charge in [0.2, 0.25) is 0 Å². The molecule has 0 aromatic rings. The van der Waals surface area contributed by atoms with Crippen LogP contribution in [0.4, 0.5) is 0 Å². The summed E-state index contributed by atoms with van der Waals surface area (Å²) in [5.74, 6) is 0. The molecule has 0 aliphatic rings. The Morgan fingerprint density at radius 1 is 0.857 bits per heavy atom. The van der Waals surface area contributed by atoms with Gasteiger partial charge in [-0.1, -0.05) is 114 Å². The number of hydrogen-bond acceptors (Lipinski definition) is 0. The van der Waals surface area contributed by atoms with Gasteiger partial charge in [0.25, 0.3) is 0 Å². The van der Waals surface area contributed by atoms with Gasteiger partial charge in [0.15, 0.2) is 0 Å². The van der Waals surface area contributed by atoms with Crippen molar-refractivity contribution in [2.75, 3.05) is 0 Å². The highest BCUT2D eigenvalue weighted by atomic mass is 28.3. The Balaban J connectivity index is 4.23. The lowest BCUT2D eigenvalue weighted by atomic mass is 10.1. The first-order chi connectivity index (χ1) is 10.2. The summed E-state index contributed by atoms with van der Waals surface area (Å²) in [5.41, 5.74) is 0. The van der Waals surface area contributed by atoms with Crippen molar-refractivity contribution in [2.45, 2.75) is 90.8 Å². The molecule has 0 rings (SSSR count). The van der Waals surface area contributed by atoms with E-state index in [1.165, 1.54) is 63.1 Å². The summed E-state index contributed by atoms with van der Waals surface area (Å²) in [4.78, 5) is 0. The molecule has 0 fully saturated rings. The molecule has 0 aromatic carbocycles. The van der Waals surface area contributed by atoms with Crippen LogP contribution in [0.3, 0.4) is 0 Å². The Morgan fingerprint density at radius 3 is 1.95 bits per heavy atom. The predicted octanol–water partition coefficient (Wildman–Crippen LogP) is 7.45. The second-order valence-corrected chi connectivity index (χ2v) is 11.4. The Labute approximate surface area is 135 Å². The van der Waals surface area contributed by atoms with E-state index in [1.54, 1.807) is 5.20 Å². The van der Waals surface area contributed by atoms with E-state index in [-0.39, 0.29) is 0 Å². The molecule has 21 heavy (non-hydrogen) atoms. The van der Waals surface area contributed by atoms with E-state index in [4.69, 9.17) is 0 Å². The number of hydrogen-bond donors (Lipinski definition) is 0. The van der Waals surface area contributed by atoms with E-state index < -0.39 is 8.07 Å². The third kappa shape index (κ3) is 7.85. The van der Waals surface area contributed by atoms with Crippen LogP contribution in [-0.2, 0) is 0 Å². The first-order valence-corrected chi connectivity index (χ1v) is 11.8. The van der Waals surface area contributed by atoms with Crippen LogP contribution in [0.2, 0.25) is 18.1 Å². The van der Waals surface area contributed by atoms with Crippen LogP contribution in [0, 0.1) is 0 Å². The maximum Gasteiger partial charge on any atom is 0.0858 e. The highest BCUT2D eigenvalue weighted by molar-refractivity contribution is 6.87. The number of rotatable bonds is 13. The zero-order valence-corrected chi connectivity index (χ0v) is 16.1. The molecule has 0 aliphatic heterocycles. The average Bonchev–Trinajstić information content (AvgIpc) is 2.53. The molecule has 0 atom stereocenters. The van der Waals surface area contributed by atoms with Crippen molar-refractivity contribution < 1.29 is 0 Å². The zero-order chi connectivity index (χ0) is 16.0. The molecule has 0 heterocycles. The lowest BCUT2D eigenvalue weighted by Crippen LogP contribution is -2.33. The molecule has 0 bridgehead atoms. The molecule has 0 N–H and O–H groups in total. The van der Waals surface area contributed by atoms with Crippen LogP contribution in [0.1, 0.15) is 72.6 Å². The highest BCUT2D eigenvalue weighted by Crippen LogP contribution is 2.29. The van der Waals surface area contributed by atoms with Crippen LogP contribution < -0.4 is 0 Å². The van der Waals surface area contributed by atoms with Gasteiger partial charge in [0.05, 0.1) is 8.07 Å². The lowest BCUT2D eigenvalue weighted by Gasteiger charge is -2.29. The second kappa shape index (κ2) is 13.1. The summed E-state index contributed by atoms with van der Waals surface area (Å²) in [6.07, 6.45) is 18.6. The minimum Gasteiger partial charge on any atom is -0.0992 e. The maximum atomic E-state index is 4.06. The Kier molecular flexibility index (Phi) is 12.8. The van der Waals surface area contributed by atoms with Crippen LogP contribution in [0.15, 0.2) is 36.1 Å². The fraction of sp³-hybridized carbons (Fsp3) is 0.700. The molecule has 0 radical (unpaired) electrons. The highest BCUT2D eigenvalue weighted by Gasteiger charge is 2.29. The standard InChI is InChI=1S/C20H38Si/c1-6-11-12-13-14-15-16-17-18-19-20(7-2)21(8-3,9-4)10-5/h7,17-19H,2,6,8-16H2,1,3-5H3/b18-17+,20-19-. The molecule has 0 saturated carbocycles. The molecule has 0 nitrogen and oxygen atoms in total.